The third-order valence-electron chi connectivity index (χ3n) is 5.34. The number of para-hydroxylation sites is 1. The molecule has 1 unspecified atom stereocenters. The van der Waals surface area contributed by atoms with Gasteiger partial charge in [0.25, 0.3) is 0 Å². The molecule has 0 saturated carbocycles. The van der Waals surface area contributed by atoms with Crippen LogP contribution in [0.2, 0.25) is 0 Å². The second-order valence-corrected chi connectivity index (χ2v) is 9.38. The standard InChI is InChI=1S/C19H29N5O3S/c1-21-19(23-10-4-5-15(14-23)13-18(20)25)22-9-12-28(26,27)24-11-8-16-6-2-3-7-17(16)24/h2-3,6-7,15H,4-5,8-14H2,1H3,(H2,20,25)(H,21,22). The van der Waals surface area contributed by atoms with Crippen LogP contribution in [-0.4, -0.2) is 64.2 Å². The number of nitrogens with two attached hydrogens (primary N) is 1. The number of carbonyl (C=O) groups excluding carboxylic acids is 1. The molecule has 0 bridgehead atoms. The van der Waals surface area contributed by atoms with Crippen molar-refractivity contribution in [2.24, 2.45) is 16.6 Å². The molecule has 0 aromatic heterocycles. The van der Waals surface area contributed by atoms with Crippen molar-refractivity contribution in [3.63, 3.8) is 0 Å². The predicted molar refractivity (Wildman–Crippen MR) is 111 cm³/mol. The van der Waals surface area contributed by atoms with Crippen LogP contribution >= 0.6 is 0 Å². The number of carbonyl (C=O) groups is 1. The summed E-state index contributed by atoms with van der Waals surface area (Å²) >= 11 is 0. The molecular formula is C19H29N5O3S. The summed E-state index contributed by atoms with van der Waals surface area (Å²) in [6, 6.07) is 7.64. The minimum absolute atomic E-state index is 0.00108. The van der Waals surface area contributed by atoms with E-state index < -0.39 is 10.0 Å². The van der Waals surface area contributed by atoms with Crippen molar-refractivity contribution < 1.29 is 13.2 Å². The number of amides is 1. The Bertz CT molecular complexity index is 840. The third kappa shape index (κ3) is 4.76. The van der Waals surface area contributed by atoms with Gasteiger partial charge < -0.3 is 16.0 Å². The predicted octanol–water partition coefficient (Wildman–Crippen LogP) is 0.542. The Morgan fingerprint density at radius 2 is 2.11 bits per heavy atom. The minimum atomic E-state index is -3.40. The highest BCUT2D eigenvalue weighted by atomic mass is 32.2. The number of guanidine groups is 1. The van der Waals surface area contributed by atoms with Crippen LogP contribution < -0.4 is 15.4 Å². The summed E-state index contributed by atoms with van der Waals surface area (Å²) in [5, 5.41) is 3.17. The summed E-state index contributed by atoms with van der Waals surface area (Å²) in [5.41, 5.74) is 7.19. The molecule has 1 fully saturated rings. The molecule has 3 N–H and O–H groups in total. The van der Waals surface area contributed by atoms with Crippen molar-refractivity contribution in [1.82, 2.24) is 10.2 Å². The first-order valence-corrected chi connectivity index (χ1v) is 11.3. The first-order chi connectivity index (χ1) is 13.4. The summed E-state index contributed by atoms with van der Waals surface area (Å²) in [7, 11) is -1.71. The largest absolute Gasteiger partial charge is 0.370 e. The zero-order valence-corrected chi connectivity index (χ0v) is 17.1. The molecule has 1 amide bonds. The Labute approximate surface area is 166 Å². The molecule has 9 heteroatoms. The SMILES string of the molecule is CN=C(NCCS(=O)(=O)N1CCc2ccccc21)N1CCCC(CC(N)=O)C1. The van der Waals surface area contributed by atoms with E-state index in [0.29, 0.717) is 25.5 Å². The van der Waals surface area contributed by atoms with Crippen molar-refractivity contribution in [1.29, 1.82) is 0 Å². The molecule has 0 aliphatic carbocycles. The molecule has 1 aromatic rings. The second-order valence-electron chi connectivity index (χ2n) is 7.37. The molecule has 2 aliphatic heterocycles. The zero-order valence-electron chi connectivity index (χ0n) is 16.3. The van der Waals surface area contributed by atoms with Crippen LogP contribution in [0.1, 0.15) is 24.8 Å². The van der Waals surface area contributed by atoms with Crippen LogP contribution in [-0.2, 0) is 21.2 Å². The molecular weight excluding hydrogens is 378 g/mol. The van der Waals surface area contributed by atoms with Crippen molar-refractivity contribution in [3.05, 3.63) is 29.8 Å². The number of hydrogen-bond donors (Lipinski definition) is 2. The number of anilines is 1. The molecule has 0 spiro atoms. The zero-order chi connectivity index (χ0) is 20.1. The van der Waals surface area contributed by atoms with E-state index in [4.69, 9.17) is 5.73 Å². The van der Waals surface area contributed by atoms with Crippen LogP contribution in [0.25, 0.3) is 0 Å². The Balaban J connectivity index is 1.55. The maximum atomic E-state index is 12.8. The van der Waals surface area contributed by atoms with E-state index >= 15 is 0 Å². The van der Waals surface area contributed by atoms with Crippen molar-refractivity contribution in [3.8, 4) is 0 Å². The van der Waals surface area contributed by atoms with Gasteiger partial charge in [0, 0.05) is 39.6 Å². The maximum absolute atomic E-state index is 12.8. The molecule has 2 heterocycles. The number of sulfonamides is 1. The van der Waals surface area contributed by atoms with Crippen LogP contribution in [0.15, 0.2) is 29.3 Å². The third-order valence-corrected chi connectivity index (χ3v) is 7.11. The maximum Gasteiger partial charge on any atom is 0.236 e. The van der Waals surface area contributed by atoms with Gasteiger partial charge in [0.15, 0.2) is 5.96 Å². The molecule has 154 valence electrons. The lowest BCUT2D eigenvalue weighted by molar-refractivity contribution is -0.119. The minimum Gasteiger partial charge on any atom is -0.370 e. The summed E-state index contributed by atoms with van der Waals surface area (Å²) in [5.74, 6) is 0.603. The first kappa shape index (κ1) is 20.4. The van der Waals surface area contributed by atoms with Crippen LogP contribution in [0, 0.1) is 5.92 Å². The first-order valence-electron chi connectivity index (χ1n) is 9.73. The Kier molecular flexibility index (Phi) is 6.43. The average Bonchev–Trinajstić information content (AvgIpc) is 3.10. The van der Waals surface area contributed by atoms with E-state index in [2.05, 4.69) is 15.2 Å². The molecule has 0 radical (unpaired) electrons. The Morgan fingerprint density at radius 3 is 2.86 bits per heavy atom. The van der Waals surface area contributed by atoms with Gasteiger partial charge in [0.2, 0.25) is 15.9 Å². The lowest BCUT2D eigenvalue weighted by atomic mass is 9.95. The fourth-order valence-corrected chi connectivity index (χ4v) is 5.47. The van der Waals surface area contributed by atoms with Crippen molar-refractivity contribution in [2.45, 2.75) is 25.7 Å². The lowest BCUT2D eigenvalue weighted by Crippen LogP contribution is -2.48. The highest BCUT2D eigenvalue weighted by Crippen LogP contribution is 2.29. The topological polar surface area (TPSA) is 108 Å². The molecule has 3 rings (SSSR count). The summed E-state index contributed by atoms with van der Waals surface area (Å²) in [6.07, 6.45) is 3.05. The van der Waals surface area contributed by atoms with Gasteiger partial charge in [0.1, 0.15) is 0 Å². The highest BCUT2D eigenvalue weighted by molar-refractivity contribution is 7.92. The summed E-state index contributed by atoms with van der Waals surface area (Å²) in [4.78, 5) is 17.6. The van der Waals surface area contributed by atoms with Crippen molar-refractivity contribution >= 4 is 27.6 Å². The van der Waals surface area contributed by atoms with Gasteiger partial charge in [-0.1, -0.05) is 18.2 Å². The van der Waals surface area contributed by atoms with E-state index in [1.54, 1.807) is 7.05 Å². The smallest absolute Gasteiger partial charge is 0.236 e. The van der Waals surface area contributed by atoms with Gasteiger partial charge in [-0.05, 0) is 36.8 Å². The van der Waals surface area contributed by atoms with Gasteiger partial charge in [0.05, 0.1) is 11.4 Å². The van der Waals surface area contributed by atoms with E-state index in [9.17, 15) is 13.2 Å². The fourth-order valence-electron chi connectivity index (χ4n) is 4.04. The van der Waals surface area contributed by atoms with E-state index in [0.717, 1.165) is 37.1 Å². The van der Waals surface area contributed by atoms with E-state index in [-0.39, 0.29) is 24.1 Å². The monoisotopic (exact) mass is 407 g/mol. The van der Waals surface area contributed by atoms with Crippen molar-refractivity contribution in [2.75, 3.05) is 43.3 Å². The number of rotatable bonds is 6. The fraction of sp³-hybridized carbons (Fsp3) is 0.579. The molecule has 2 aliphatic rings. The normalized spacial score (nSPS) is 20.2. The number of piperidine rings is 1. The van der Waals surface area contributed by atoms with Crippen LogP contribution in [0.4, 0.5) is 5.69 Å². The van der Waals surface area contributed by atoms with Gasteiger partial charge in [-0.3, -0.25) is 14.1 Å². The average molecular weight is 408 g/mol. The number of nitrogens with zero attached hydrogens (tertiary/aromatic N) is 3. The van der Waals surface area contributed by atoms with Gasteiger partial charge in [-0.2, -0.15) is 0 Å². The number of fused-ring (bicyclic) bond motifs is 1. The van der Waals surface area contributed by atoms with Gasteiger partial charge in [-0.15, -0.1) is 0 Å². The molecule has 8 nitrogen and oxygen atoms in total. The van der Waals surface area contributed by atoms with E-state index in [1.165, 1.54) is 4.31 Å². The number of likely N-dealkylation sites (tertiary alicyclic amines) is 1. The Hall–Kier alpha value is -2.29. The molecule has 1 saturated heterocycles. The number of hydrogen-bond acceptors (Lipinski definition) is 4. The van der Waals surface area contributed by atoms with E-state index in [1.807, 2.05) is 24.3 Å². The number of aliphatic imine (C=N–C) groups is 1. The number of benzene rings is 1. The number of nitrogens with one attached hydrogen (secondary N) is 1. The second kappa shape index (κ2) is 8.81. The summed E-state index contributed by atoms with van der Waals surface area (Å²) in [6.45, 7) is 2.32. The van der Waals surface area contributed by atoms with Crippen LogP contribution in [0.5, 0.6) is 0 Å². The van der Waals surface area contributed by atoms with Gasteiger partial charge in [-0.25, -0.2) is 8.42 Å². The molecule has 28 heavy (non-hydrogen) atoms. The lowest BCUT2D eigenvalue weighted by Gasteiger charge is -2.34. The summed E-state index contributed by atoms with van der Waals surface area (Å²) < 4.78 is 27.1. The Morgan fingerprint density at radius 1 is 1.32 bits per heavy atom. The number of primary amides is 1. The van der Waals surface area contributed by atoms with Gasteiger partial charge >= 0.3 is 0 Å². The highest BCUT2D eigenvalue weighted by Gasteiger charge is 2.29. The quantitative estimate of drug-likeness (QED) is 0.529. The van der Waals surface area contributed by atoms with Crippen LogP contribution in [0.3, 0.4) is 0 Å². The molecule has 1 aromatic carbocycles. The molecule has 1 atom stereocenters.